The third-order valence-corrected chi connectivity index (χ3v) is 4.56. The number of nitrogens with zero attached hydrogens (tertiary/aromatic N) is 2. The molecule has 1 aliphatic rings. The Kier molecular flexibility index (Phi) is 3.78. The Hall–Kier alpha value is -1.36. The Morgan fingerprint density at radius 3 is 2.90 bits per heavy atom. The number of hydrogen-bond donors (Lipinski definition) is 2. The maximum absolute atomic E-state index is 4.64. The van der Waals surface area contributed by atoms with E-state index in [4.69, 9.17) is 0 Å². The van der Waals surface area contributed by atoms with Gasteiger partial charge in [-0.05, 0) is 39.2 Å². The fourth-order valence-corrected chi connectivity index (χ4v) is 3.41. The second-order valence-electron chi connectivity index (χ2n) is 5.73. The predicted octanol–water partition coefficient (Wildman–Crippen LogP) is 4.03. The Morgan fingerprint density at radius 2 is 2.20 bits per heavy atom. The smallest absolute Gasteiger partial charge is 0.226 e. The molecule has 0 aromatic carbocycles. The number of hydrogen-bond acceptors (Lipinski definition) is 5. The number of thiophene rings is 1. The fourth-order valence-electron chi connectivity index (χ4n) is 2.54. The van der Waals surface area contributed by atoms with E-state index in [0.717, 1.165) is 34.4 Å². The van der Waals surface area contributed by atoms with Crippen LogP contribution >= 0.6 is 11.3 Å². The summed E-state index contributed by atoms with van der Waals surface area (Å²) in [6, 6.07) is 2.65. The van der Waals surface area contributed by atoms with Crippen molar-refractivity contribution in [2.45, 2.75) is 46.1 Å². The van der Waals surface area contributed by atoms with Crippen LogP contribution in [0.4, 0.5) is 11.8 Å². The van der Waals surface area contributed by atoms with Gasteiger partial charge in [0.2, 0.25) is 5.95 Å². The Morgan fingerprint density at radius 1 is 1.40 bits per heavy atom. The lowest BCUT2D eigenvalue weighted by Crippen LogP contribution is -2.17. The molecular weight excluding hydrogens is 268 g/mol. The average molecular weight is 290 g/mol. The first-order valence-electron chi connectivity index (χ1n) is 7.44. The minimum atomic E-state index is 0.468. The van der Waals surface area contributed by atoms with Gasteiger partial charge in [0, 0.05) is 17.5 Å². The molecule has 0 spiro atoms. The maximum atomic E-state index is 4.64. The number of nitrogens with one attached hydrogen (secondary N) is 2. The van der Waals surface area contributed by atoms with Crippen molar-refractivity contribution in [1.82, 2.24) is 9.97 Å². The number of rotatable bonds is 6. The van der Waals surface area contributed by atoms with E-state index in [9.17, 15) is 0 Å². The molecule has 2 aromatic heterocycles. The van der Waals surface area contributed by atoms with E-state index in [1.54, 1.807) is 11.3 Å². The van der Waals surface area contributed by atoms with Gasteiger partial charge in [-0.3, -0.25) is 0 Å². The van der Waals surface area contributed by atoms with Crippen LogP contribution in [-0.2, 0) is 0 Å². The highest BCUT2D eigenvalue weighted by molar-refractivity contribution is 7.18. The van der Waals surface area contributed by atoms with Crippen LogP contribution in [0.5, 0.6) is 0 Å². The molecule has 0 bridgehead atoms. The fraction of sp³-hybridized carbons (Fsp3) is 0.600. The van der Waals surface area contributed by atoms with Crippen LogP contribution in [0.2, 0.25) is 0 Å². The summed E-state index contributed by atoms with van der Waals surface area (Å²) in [6.07, 6.45) is 4.03. The first kappa shape index (κ1) is 13.6. The van der Waals surface area contributed by atoms with Crippen molar-refractivity contribution in [3.05, 3.63) is 10.9 Å². The lowest BCUT2D eigenvalue weighted by Gasteiger charge is -2.15. The number of anilines is 2. The molecule has 1 fully saturated rings. The Labute approximate surface area is 124 Å². The molecule has 5 heteroatoms. The highest BCUT2D eigenvalue weighted by Crippen LogP contribution is 2.35. The zero-order valence-corrected chi connectivity index (χ0v) is 13.2. The first-order valence-corrected chi connectivity index (χ1v) is 8.26. The maximum Gasteiger partial charge on any atom is 0.226 e. The molecule has 0 aliphatic heterocycles. The summed E-state index contributed by atoms with van der Waals surface area (Å²) in [7, 11) is 0. The normalized spacial score (nSPS) is 16.4. The largest absolute Gasteiger partial charge is 0.367 e. The standard InChI is InChI=1S/C15H22N4S/c1-4-16-15-18-13(17-9(2)7-11-5-6-11)12-8-10(3)20-14(12)19-15/h8-9,11H,4-7H2,1-3H3,(H2,16,17,18,19). The average Bonchev–Trinajstić information content (AvgIpc) is 3.09. The van der Waals surface area contributed by atoms with Crippen LogP contribution in [0.15, 0.2) is 6.07 Å². The summed E-state index contributed by atoms with van der Waals surface area (Å²) in [5, 5.41) is 7.95. The molecule has 1 aliphatic carbocycles. The van der Waals surface area contributed by atoms with Crippen molar-refractivity contribution in [1.29, 1.82) is 0 Å². The van der Waals surface area contributed by atoms with Crippen LogP contribution in [0.3, 0.4) is 0 Å². The van der Waals surface area contributed by atoms with Crippen molar-refractivity contribution in [2.75, 3.05) is 17.2 Å². The third kappa shape index (κ3) is 3.03. The molecule has 4 nitrogen and oxygen atoms in total. The van der Waals surface area contributed by atoms with E-state index in [0.29, 0.717) is 6.04 Å². The molecule has 0 amide bonds. The van der Waals surface area contributed by atoms with Gasteiger partial charge in [-0.2, -0.15) is 4.98 Å². The van der Waals surface area contributed by atoms with E-state index in [1.165, 1.54) is 24.1 Å². The molecule has 20 heavy (non-hydrogen) atoms. The summed E-state index contributed by atoms with van der Waals surface area (Å²) < 4.78 is 0. The van der Waals surface area contributed by atoms with Gasteiger partial charge in [0.05, 0.1) is 5.39 Å². The van der Waals surface area contributed by atoms with Gasteiger partial charge in [0.25, 0.3) is 0 Å². The van der Waals surface area contributed by atoms with Gasteiger partial charge >= 0.3 is 0 Å². The zero-order valence-electron chi connectivity index (χ0n) is 12.4. The summed E-state index contributed by atoms with van der Waals surface area (Å²) in [5.74, 6) is 2.62. The van der Waals surface area contributed by atoms with Gasteiger partial charge in [-0.1, -0.05) is 12.8 Å². The molecule has 2 aromatic rings. The summed E-state index contributed by atoms with van der Waals surface area (Å²) >= 11 is 1.73. The van der Waals surface area contributed by atoms with E-state index >= 15 is 0 Å². The second-order valence-corrected chi connectivity index (χ2v) is 6.96. The number of aromatic nitrogens is 2. The minimum Gasteiger partial charge on any atom is -0.367 e. The SMILES string of the molecule is CCNc1nc(NC(C)CC2CC2)c2cc(C)sc2n1. The van der Waals surface area contributed by atoms with Crippen LogP contribution in [-0.4, -0.2) is 22.6 Å². The minimum absolute atomic E-state index is 0.468. The highest BCUT2D eigenvalue weighted by atomic mass is 32.1. The lowest BCUT2D eigenvalue weighted by atomic mass is 10.1. The molecule has 108 valence electrons. The van der Waals surface area contributed by atoms with E-state index in [1.807, 2.05) is 0 Å². The highest BCUT2D eigenvalue weighted by Gasteiger charge is 2.24. The Bertz CT molecular complexity index is 603. The van der Waals surface area contributed by atoms with Gasteiger partial charge in [0.1, 0.15) is 10.6 Å². The molecule has 2 heterocycles. The van der Waals surface area contributed by atoms with Gasteiger partial charge in [-0.15, -0.1) is 11.3 Å². The molecule has 1 saturated carbocycles. The molecular formula is C15H22N4S. The van der Waals surface area contributed by atoms with Crippen LogP contribution < -0.4 is 10.6 Å². The van der Waals surface area contributed by atoms with Crippen molar-refractivity contribution >= 4 is 33.3 Å². The zero-order chi connectivity index (χ0) is 14.1. The quantitative estimate of drug-likeness (QED) is 0.843. The van der Waals surface area contributed by atoms with Gasteiger partial charge in [-0.25, -0.2) is 4.98 Å². The Balaban J connectivity index is 1.89. The number of aryl methyl sites for hydroxylation is 1. The molecule has 0 saturated heterocycles. The lowest BCUT2D eigenvalue weighted by molar-refractivity contribution is 0.641. The topological polar surface area (TPSA) is 49.8 Å². The second kappa shape index (κ2) is 5.56. The van der Waals surface area contributed by atoms with Crippen molar-refractivity contribution in [2.24, 2.45) is 5.92 Å². The predicted molar refractivity (Wildman–Crippen MR) is 86.7 cm³/mol. The van der Waals surface area contributed by atoms with Crippen LogP contribution in [0, 0.1) is 12.8 Å². The van der Waals surface area contributed by atoms with Crippen molar-refractivity contribution in [3.63, 3.8) is 0 Å². The molecule has 3 rings (SSSR count). The van der Waals surface area contributed by atoms with Crippen LogP contribution in [0.25, 0.3) is 10.2 Å². The molecule has 1 unspecified atom stereocenters. The van der Waals surface area contributed by atoms with E-state index in [2.05, 4.69) is 47.4 Å². The van der Waals surface area contributed by atoms with Gasteiger partial charge in [0.15, 0.2) is 0 Å². The van der Waals surface area contributed by atoms with Crippen molar-refractivity contribution < 1.29 is 0 Å². The molecule has 0 radical (unpaired) electrons. The molecule has 1 atom stereocenters. The van der Waals surface area contributed by atoms with Crippen molar-refractivity contribution in [3.8, 4) is 0 Å². The summed E-state index contributed by atoms with van der Waals surface area (Å²) in [5.41, 5.74) is 0. The number of fused-ring (bicyclic) bond motifs is 1. The first-order chi connectivity index (χ1) is 9.65. The summed E-state index contributed by atoms with van der Waals surface area (Å²) in [6.45, 7) is 7.28. The molecule has 2 N–H and O–H groups in total. The van der Waals surface area contributed by atoms with Gasteiger partial charge < -0.3 is 10.6 Å². The monoisotopic (exact) mass is 290 g/mol. The van der Waals surface area contributed by atoms with Crippen LogP contribution in [0.1, 0.15) is 38.0 Å². The summed E-state index contributed by atoms with van der Waals surface area (Å²) in [4.78, 5) is 11.6. The van der Waals surface area contributed by atoms with E-state index < -0.39 is 0 Å². The van der Waals surface area contributed by atoms with E-state index in [-0.39, 0.29) is 0 Å². The third-order valence-electron chi connectivity index (χ3n) is 3.62.